The minimum absolute atomic E-state index is 0. The Labute approximate surface area is 372 Å². The summed E-state index contributed by atoms with van der Waals surface area (Å²) in [5, 5.41) is 12.5. The molecule has 2 heterocycles. The summed E-state index contributed by atoms with van der Waals surface area (Å²) in [6, 6.07) is 37.9. The van der Waals surface area contributed by atoms with Gasteiger partial charge in [0.1, 0.15) is 0 Å². The Morgan fingerprint density at radius 2 is 0.885 bits per heavy atom. The molecule has 6 aromatic rings. The van der Waals surface area contributed by atoms with Gasteiger partial charge in [-0.15, -0.1) is 48.5 Å². The molecule has 0 spiro atoms. The molecule has 0 bridgehead atoms. The van der Waals surface area contributed by atoms with Crippen LogP contribution < -0.4 is 51.4 Å². The average molecular weight is 1100 g/mol. The van der Waals surface area contributed by atoms with E-state index < -0.39 is 23.3 Å². The fraction of sp³-hybridized carbons (Fsp3) is 0. The third-order valence-corrected chi connectivity index (χ3v) is 5.37. The number of pyridine rings is 2. The normalized spacial score (nSPS) is 8.27. The second-order valence-corrected chi connectivity index (χ2v) is 8.44. The molecule has 0 aliphatic heterocycles. The number of aromatic nitrogens is 2. The first-order chi connectivity index (χ1) is 24.4. The van der Waals surface area contributed by atoms with Crippen LogP contribution in [0.3, 0.4) is 0 Å². The zero-order valence-electron chi connectivity index (χ0n) is 27.1. The zero-order chi connectivity index (χ0) is 37.6. The molecule has 0 fully saturated rings. The number of para-hydroxylation sites is 2. The van der Waals surface area contributed by atoms with Crippen molar-refractivity contribution in [2.75, 3.05) is 0 Å². The summed E-state index contributed by atoms with van der Waals surface area (Å²) in [6.45, 7) is 19.4. The van der Waals surface area contributed by atoms with Gasteiger partial charge >= 0.3 is 99.0 Å². The molecule has 4 aromatic carbocycles. The molecular weight excluding hydrogens is 1080 g/mol. The maximum absolute atomic E-state index is 13.2. The molecule has 0 aliphatic carbocycles. The number of rotatable bonds is 4. The van der Waals surface area contributed by atoms with Gasteiger partial charge in [0.25, 0.3) is 0 Å². The van der Waals surface area contributed by atoms with E-state index in [1.165, 1.54) is 17.9 Å². The quantitative estimate of drug-likeness (QED) is 0.0801. The van der Waals surface area contributed by atoms with Gasteiger partial charge in [-0.25, -0.2) is 0 Å². The van der Waals surface area contributed by atoms with Crippen molar-refractivity contribution in [2.24, 2.45) is 9.98 Å². The molecule has 6 rings (SSSR count). The fourth-order valence-corrected chi connectivity index (χ4v) is 3.33. The Morgan fingerprint density at radius 1 is 0.577 bits per heavy atom. The number of halogens is 5. The van der Waals surface area contributed by atoms with Crippen molar-refractivity contribution in [1.29, 1.82) is 10.5 Å². The van der Waals surface area contributed by atoms with E-state index in [9.17, 15) is 17.6 Å². The van der Waals surface area contributed by atoms with Gasteiger partial charge in [0.05, 0.1) is 0 Å². The smallest absolute Gasteiger partial charge is 1.00 e. The van der Waals surface area contributed by atoms with E-state index >= 15 is 0 Å². The molecule has 0 N–H and O–H groups in total. The molecular formula is C38H24ClF4Ir2KN6. The summed E-state index contributed by atoms with van der Waals surface area (Å²) in [7, 11) is 4.64. The second kappa shape index (κ2) is 34.5. The van der Waals surface area contributed by atoms with E-state index in [2.05, 4.69) is 41.7 Å². The Morgan fingerprint density at radius 3 is 1.12 bits per heavy atom. The van der Waals surface area contributed by atoms with Crippen LogP contribution in [-0.4, -0.2) is 23.4 Å². The van der Waals surface area contributed by atoms with Crippen LogP contribution in [0.4, 0.5) is 28.9 Å². The summed E-state index contributed by atoms with van der Waals surface area (Å²) in [6.07, 6.45) is 3.10. The SMILES string of the molecule is Fc1c[c-]c(-c2ccccn2)c(F)c1.Fc1c[c-]c(-c2ccccn2)c(F)c1.[C-]#N.[C-]#N.[CH-]=Nc1ccccc1.[CH-]=Nc1ccccc1.[Cl][Ir+2].[Ir+3].[K+]. The van der Waals surface area contributed by atoms with Crippen molar-refractivity contribution >= 4 is 34.4 Å². The van der Waals surface area contributed by atoms with Gasteiger partial charge in [0.15, 0.2) is 0 Å². The molecule has 52 heavy (non-hydrogen) atoms. The van der Waals surface area contributed by atoms with Gasteiger partial charge in [-0.3, -0.25) is 17.6 Å². The predicted octanol–water partition coefficient (Wildman–Crippen LogP) is 7.33. The topological polar surface area (TPSA) is 98.1 Å². The first-order valence-electron chi connectivity index (χ1n) is 13.5. The molecule has 0 atom stereocenters. The third kappa shape index (κ3) is 21.7. The fourth-order valence-electron chi connectivity index (χ4n) is 3.33. The maximum Gasteiger partial charge on any atom is 3.00 e. The van der Waals surface area contributed by atoms with Gasteiger partial charge in [0.2, 0.25) is 0 Å². The molecule has 2 aromatic heterocycles. The Bertz CT molecular complexity index is 1710. The van der Waals surface area contributed by atoms with Crippen LogP contribution >= 0.6 is 9.58 Å². The maximum atomic E-state index is 13.2. The monoisotopic (exact) mass is 1100 g/mol. The Balaban J connectivity index is -0.000000594. The van der Waals surface area contributed by atoms with Gasteiger partial charge < -0.3 is 43.6 Å². The van der Waals surface area contributed by atoms with Crippen LogP contribution in [0.5, 0.6) is 0 Å². The predicted molar refractivity (Wildman–Crippen MR) is 182 cm³/mol. The summed E-state index contributed by atoms with van der Waals surface area (Å²) >= 11 is 1.47. The number of hydrogen-bond donors (Lipinski definition) is 0. The third-order valence-electron chi connectivity index (χ3n) is 5.37. The van der Waals surface area contributed by atoms with E-state index in [1.54, 1.807) is 48.8 Å². The van der Waals surface area contributed by atoms with Gasteiger partial charge in [0, 0.05) is 35.7 Å². The summed E-state index contributed by atoms with van der Waals surface area (Å²) in [5.41, 5.74) is 2.90. The number of hydrogen-bond acceptors (Lipinski definition) is 6. The van der Waals surface area contributed by atoms with Crippen molar-refractivity contribution < 1.29 is 107 Å². The average Bonchev–Trinajstić information content (AvgIpc) is 3.19. The summed E-state index contributed by atoms with van der Waals surface area (Å²) < 4.78 is 51.6. The molecule has 0 aliphatic rings. The zero-order valence-corrected chi connectivity index (χ0v) is 35.8. The van der Waals surface area contributed by atoms with Crippen molar-refractivity contribution in [2.45, 2.75) is 0 Å². The first kappa shape index (κ1) is 52.8. The summed E-state index contributed by atoms with van der Waals surface area (Å²) in [5.74, 6) is -2.57. The van der Waals surface area contributed by atoms with E-state index in [0.717, 1.165) is 35.6 Å². The first-order valence-corrected chi connectivity index (χ1v) is 16.4. The van der Waals surface area contributed by atoms with Crippen LogP contribution in [-0.2, 0) is 38.0 Å². The van der Waals surface area contributed by atoms with Gasteiger partial charge in [-0.2, -0.15) is 13.4 Å². The van der Waals surface area contributed by atoms with E-state index in [0.29, 0.717) is 11.4 Å². The number of aliphatic imine (C=N–C) groups is 2. The Kier molecular flexibility index (Phi) is 35.1. The largest absolute Gasteiger partial charge is 3.00 e. The van der Waals surface area contributed by atoms with Crippen molar-refractivity contribution in [3.8, 4) is 22.5 Å². The minimum Gasteiger partial charge on any atom is 1.00 e. The molecule has 0 saturated heterocycles. The molecule has 0 amide bonds. The molecule has 260 valence electrons. The van der Waals surface area contributed by atoms with E-state index in [4.69, 9.17) is 37.1 Å². The van der Waals surface area contributed by atoms with E-state index in [-0.39, 0.29) is 82.6 Å². The molecule has 0 unspecified atom stereocenters. The molecule has 0 radical (unpaired) electrons. The van der Waals surface area contributed by atoms with Gasteiger partial charge in [-0.05, 0) is 23.5 Å². The second-order valence-electron chi connectivity index (χ2n) is 8.44. The number of nitrogens with zero attached hydrogens (tertiary/aromatic N) is 6. The van der Waals surface area contributed by atoms with Crippen LogP contribution in [0.15, 0.2) is 144 Å². The molecule has 14 heteroatoms. The standard InChI is InChI=1S/2C11H6F2N.2C7H6N.2CN.ClH.2Ir.K/c2*12-8-4-5-9(10(13)7-8)11-3-1-2-6-14-11;2*1-8-7-5-3-2-4-6-7;2*1-2;;;;/h2*1-4,6-7H;2*1-6H;;;1H;;;/q6*-1;;2*+3;+1/p-1. The van der Waals surface area contributed by atoms with Crippen molar-refractivity contribution in [3.05, 3.63) is 182 Å². The van der Waals surface area contributed by atoms with Crippen LogP contribution in [0.2, 0.25) is 0 Å². The summed E-state index contributed by atoms with van der Waals surface area (Å²) in [4.78, 5) is 14.8. The van der Waals surface area contributed by atoms with Crippen LogP contribution in [0.25, 0.3) is 22.5 Å². The van der Waals surface area contributed by atoms with Crippen LogP contribution in [0.1, 0.15) is 0 Å². The number of benzene rings is 4. The van der Waals surface area contributed by atoms with Crippen molar-refractivity contribution in [3.63, 3.8) is 0 Å². The van der Waals surface area contributed by atoms with Crippen molar-refractivity contribution in [1.82, 2.24) is 9.97 Å². The minimum atomic E-state index is -0.649. The Hall–Kier alpha value is -3.55. The molecule has 0 saturated carbocycles. The molecule has 6 nitrogen and oxygen atoms in total. The van der Waals surface area contributed by atoms with Gasteiger partial charge in [-0.1, -0.05) is 95.3 Å². The van der Waals surface area contributed by atoms with E-state index in [1.807, 2.05) is 60.7 Å². The van der Waals surface area contributed by atoms with Crippen LogP contribution in [0, 0.1) is 59.1 Å².